The zero-order valence-corrected chi connectivity index (χ0v) is 13.3. The summed E-state index contributed by atoms with van der Waals surface area (Å²) < 4.78 is 0. The van der Waals surface area contributed by atoms with E-state index in [4.69, 9.17) is 23.2 Å². The molecule has 1 unspecified atom stereocenters. The Bertz CT molecular complexity index is 581. The van der Waals surface area contributed by atoms with Crippen molar-refractivity contribution in [1.82, 2.24) is 5.32 Å². The van der Waals surface area contributed by atoms with Gasteiger partial charge in [0.05, 0.1) is 0 Å². The smallest absolute Gasteiger partial charge is 0.0484 e. The fraction of sp³-hybridized carbons (Fsp3) is 0.294. The highest BCUT2D eigenvalue weighted by atomic mass is 35.5. The minimum atomic E-state index is 0.253. The van der Waals surface area contributed by atoms with Gasteiger partial charge in [-0.2, -0.15) is 0 Å². The SMILES string of the molecule is CCCNC(C)c1ccc(-c2ccccc2Cl)cc1Cl. The average molecular weight is 308 g/mol. The Labute approximate surface area is 130 Å². The van der Waals surface area contributed by atoms with Crippen LogP contribution in [0.15, 0.2) is 42.5 Å². The van der Waals surface area contributed by atoms with Gasteiger partial charge in [0, 0.05) is 21.7 Å². The molecule has 0 bridgehead atoms. The molecule has 20 heavy (non-hydrogen) atoms. The Balaban J connectivity index is 2.28. The highest BCUT2D eigenvalue weighted by Crippen LogP contribution is 2.32. The van der Waals surface area contributed by atoms with Crippen LogP contribution in [0.25, 0.3) is 11.1 Å². The van der Waals surface area contributed by atoms with Gasteiger partial charge >= 0.3 is 0 Å². The summed E-state index contributed by atoms with van der Waals surface area (Å²) in [5, 5.41) is 4.97. The van der Waals surface area contributed by atoms with Crippen molar-refractivity contribution in [2.24, 2.45) is 0 Å². The van der Waals surface area contributed by atoms with E-state index in [1.807, 2.05) is 30.3 Å². The molecule has 2 aromatic carbocycles. The van der Waals surface area contributed by atoms with Crippen LogP contribution >= 0.6 is 23.2 Å². The van der Waals surface area contributed by atoms with Crippen molar-refractivity contribution in [3.05, 3.63) is 58.1 Å². The van der Waals surface area contributed by atoms with Crippen molar-refractivity contribution in [2.45, 2.75) is 26.3 Å². The zero-order valence-electron chi connectivity index (χ0n) is 11.8. The second-order valence-corrected chi connectivity index (χ2v) is 5.71. The van der Waals surface area contributed by atoms with E-state index in [0.717, 1.165) is 39.7 Å². The third kappa shape index (κ3) is 3.54. The van der Waals surface area contributed by atoms with Crippen molar-refractivity contribution in [3.8, 4) is 11.1 Å². The molecule has 0 heterocycles. The van der Waals surface area contributed by atoms with E-state index >= 15 is 0 Å². The van der Waals surface area contributed by atoms with E-state index in [9.17, 15) is 0 Å². The van der Waals surface area contributed by atoms with E-state index < -0.39 is 0 Å². The average Bonchev–Trinajstić information content (AvgIpc) is 2.45. The summed E-state index contributed by atoms with van der Waals surface area (Å²) in [7, 11) is 0. The van der Waals surface area contributed by atoms with Gasteiger partial charge in [-0.05, 0) is 43.1 Å². The van der Waals surface area contributed by atoms with Crippen LogP contribution in [0.4, 0.5) is 0 Å². The first-order valence-corrected chi connectivity index (χ1v) is 7.66. The van der Waals surface area contributed by atoms with Gasteiger partial charge in [0.15, 0.2) is 0 Å². The molecule has 1 atom stereocenters. The van der Waals surface area contributed by atoms with Gasteiger partial charge in [-0.3, -0.25) is 0 Å². The van der Waals surface area contributed by atoms with Gasteiger partial charge in [0.2, 0.25) is 0 Å². The number of rotatable bonds is 5. The fourth-order valence-corrected chi connectivity index (χ4v) is 2.80. The van der Waals surface area contributed by atoms with E-state index in [1.165, 1.54) is 0 Å². The molecular formula is C17H19Cl2N. The quantitative estimate of drug-likeness (QED) is 0.744. The summed E-state index contributed by atoms with van der Waals surface area (Å²) in [6, 6.07) is 14.2. The molecule has 0 saturated heterocycles. The number of benzene rings is 2. The highest BCUT2D eigenvalue weighted by molar-refractivity contribution is 6.34. The first-order chi connectivity index (χ1) is 9.63. The third-order valence-electron chi connectivity index (χ3n) is 3.35. The van der Waals surface area contributed by atoms with Crippen molar-refractivity contribution in [1.29, 1.82) is 0 Å². The molecule has 0 aliphatic rings. The largest absolute Gasteiger partial charge is 0.310 e. The molecule has 0 saturated carbocycles. The number of nitrogens with one attached hydrogen (secondary N) is 1. The van der Waals surface area contributed by atoms with E-state index in [1.54, 1.807) is 0 Å². The summed E-state index contributed by atoms with van der Waals surface area (Å²) in [5.41, 5.74) is 3.18. The number of hydrogen-bond acceptors (Lipinski definition) is 1. The second-order valence-electron chi connectivity index (χ2n) is 4.89. The molecule has 0 aromatic heterocycles. The molecule has 0 spiro atoms. The predicted molar refractivity (Wildman–Crippen MR) is 88.6 cm³/mol. The molecule has 2 aromatic rings. The molecule has 0 aliphatic carbocycles. The topological polar surface area (TPSA) is 12.0 Å². The van der Waals surface area contributed by atoms with Crippen LogP contribution in [0.3, 0.4) is 0 Å². The minimum Gasteiger partial charge on any atom is -0.310 e. The van der Waals surface area contributed by atoms with Crippen LogP contribution in [-0.2, 0) is 0 Å². The lowest BCUT2D eigenvalue weighted by Crippen LogP contribution is -2.19. The predicted octanol–water partition coefficient (Wildman–Crippen LogP) is 5.72. The maximum atomic E-state index is 6.42. The fourth-order valence-electron chi connectivity index (χ4n) is 2.21. The Morgan fingerprint density at radius 2 is 1.80 bits per heavy atom. The lowest BCUT2D eigenvalue weighted by Gasteiger charge is -2.16. The van der Waals surface area contributed by atoms with Crippen LogP contribution in [-0.4, -0.2) is 6.54 Å². The number of halogens is 2. The highest BCUT2D eigenvalue weighted by Gasteiger charge is 2.11. The standard InChI is InChI=1S/C17H19Cl2N/c1-3-10-20-12(2)14-9-8-13(11-17(14)19)15-6-4-5-7-16(15)18/h4-9,11-12,20H,3,10H2,1-2H3. The lowest BCUT2D eigenvalue weighted by molar-refractivity contribution is 0.571. The summed E-state index contributed by atoms with van der Waals surface area (Å²) in [4.78, 5) is 0. The van der Waals surface area contributed by atoms with Gasteiger partial charge in [0.25, 0.3) is 0 Å². The molecule has 0 amide bonds. The van der Waals surface area contributed by atoms with Crippen LogP contribution < -0.4 is 5.32 Å². The van der Waals surface area contributed by atoms with Gasteiger partial charge in [-0.1, -0.05) is 60.5 Å². The maximum absolute atomic E-state index is 6.42. The van der Waals surface area contributed by atoms with E-state index in [-0.39, 0.29) is 6.04 Å². The Hall–Kier alpha value is -1.02. The zero-order chi connectivity index (χ0) is 14.5. The van der Waals surface area contributed by atoms with E-state index in [2.05, 4.69) is 31.3 Å². The van der Waals surface area contributed by atoms with Crippen molar-refractivity contribution in [2.75, 3.05) is 6.54 Å². The molecular weight excluding hydrogens is 289 g/mol. The Morgan fingerprint density at radius 3 is 2.45 bits per heavy atom. The maximum Gasteiger partial charge on any atom is 0.0484 e. The normalized spacial score (nSPS) is 12.4. The van der Waals surface area contributed by atoms with E-state index in [0.29, 0.717) is 0 Å². The lowest BCUT2D eigenvalue weighted by atomic mass is 10.0. The summed E-state index contributed by atoms with van der Waals surface area (Å²) in [6.07, 6.45) is 1.11. The second kappa shape index (κ2) is 7.12. The monoisotopic (exact) mass is 307 g/mol. The molecule has 1 N–H and O–H groups in total. The van der Waals surface area contributed by atoms with Crippen LogP contribution in [0.2, 0.25) is 10.0 Å². The van der Waals surface area contributed by atoms with Crippen LogP contribution in [0, 0.1) is 0 Å². The molecule has 2 rings (SSSR count). The molecule has 3 heteroatoms. The summed E-state index contributed by atoms with van der Waals surface area (Å²) in [5.74, 6) is 0. The first-order valence-electron chi connectivity index (χ1n) is 6.91. The summed E-state index contributed by atoms with van der Waals surface area (Å²) in [6.45, 7) is 5.28. The molecule has 106 valence electrons. The van der Waals surface area contributed by atoms with Crippen LogP contribution in [0.5, 0.6) is 0 Å². The van der Waals surface area contributed by atoms with Gasteiger partial charge in [-0.25, -0.2) is 0 Å². The van der Waals surface area contributed by atoms with Gasteiger partial charge < -0.3 is 5.32 Å². The Morgan fingerprint density at radius 1 is 1.05 bits per heavy atom. The minimum absolute atomic E-state index is 0.253. The molecule has 0 aliphatic heterocycles. The molecule has 0 fully saturated rings. The molecule has 0 radical (unpaired) electrons. The third-order valence-corrected chi connectivity index (χ3v) is 4.01. The molecule has 1 nitrogen and oxygen atoms in total. The van der Waals surface area contributed by atoms with Crippen molar-refractivity contribution < 1.29 is 0 Å². The van der Waals surface area contributed by atoms with Crippen LogP contribution in [0.1, 0.15) is 31.9 Å². The van der Waals surface area contributed by atoms with Gasteiger partial charge in [0.1, 0.15) is 0 Å². The van der Waals surface area contributed by atoms with Crippen molar-refractivity contribution in [3.63, 3.8) is 0 Å². The van der Waals surface area contributed by atoms with Gasteiger partial charge in [-0.15, -0.1) is 0 Å². The number of hydrogen-bond donors (Lipinski definition) is 1. The first kappa shape index (κ1) is 15.4. The summed E-state index contributed by atoms with van der Waals surface area (Å²) >= 11 is 12.6. The van der Waals surface area contributed by atoms with Crippen molar-refractivity contribution >= 4 is 23.2 Å². The Kier molecular flexibility index (Phi) is 5.47.